The van der Waals surface area contributed by atoms with Gasteiger partial charge in [-0.1, -0.05) is 12.1 Å². The quantitative estimate of drug-likeness (QED) is 0.917. The minimum atomic E-state index is -0.936. The Morgan fingerprint density at radius 3 is 2.57 bits per heavy atom. The van der Waals surface area contributed by atoms with Gasteiger partial charge >= 0.3 is 0 Å². The van der Waals surface area contributed by atoms with Crippen molar-refractivity contribution in [1.29, 1.82) is 0 Å². The number of nitrogens with zero attached hydrogens (tertiary/aromatic N) is 3. The van der Waals surface area contributed by atoms with Crippen LogP contribution in [0.3, 0.4) is 0 Å². The van der Waals surface area contributed by atoms with Crippen molar-refractivity contribution in [2.24, 2.45) is 0 Å². The normalized spacial score (nSPS) is 14.2. The monoisotopic (exact) mass is 291 g/mol. The number of aromatic nitrogens is 3. The molecule has 1 atom stereocenters. The lowest BCUT2D eigenvalue weighted by Gasteiger charge is -2.30. The predicted molar refractivity (Wildman–Crippen MR) is 77.7 cm³/mol. The van der Waals surface area contributed by atoms with Gasteiger partial charge < -0.3 is 9.84 Å². The summed E-state index contributed by atoms with van der Waals surface area (Å²) in [5, 5.41) is 14.6. The molecule has 0 saturated carbocycles. The second-order valence-corrected chi connectivity index (χ2v) is 5.17. The summed E-state index contributed by atoms with van der Waals surface area (Å²) in [5.74, 6) is -0.313. The molecular formula is C15H18FN3O2. The number of methoxy groups -OCH3 is 1. The average molecular weight is 291 g/mol. The van der Waals surface area contributed by atoms with Gasteiger partial charge in [-0.25, -0.2) is 14.1 Å². The fraction of sp³-hybridized carbons (Fsp3) is 0.333. The van der Waals surface area contributed by atoms with Crippen molar-refractivity contribution in [1.82, 2.24) is 14.8 Å². The van der Waals surface area contributed by atoms with Crippen molar-refractivity contribution in [2.45, 2.75) is 25.6 Å². The van der Waals surface area contributed by atoms with Crippen LogP contribution in [0.15, 0.2) is 36.9 Å². The number of hydrogen-bond acceptors (Lipinski definition) is 4. The zero-order chi connectivity index (χ0) is 15.5. The summed E-state index contributed by atoms with van der Waals surface area (Å²) in [6.45, 7) is 3.54. The van der Waals surface area contributed by atoms with Gasteiger partial charge in [-0.15, -0.1) is 0 Å². The van der Waals surface area contributed by atoms with Gasteiger partial charge in [-0.05, 0) is 37.6 Å². The highest BCUT2D eigenvalue weighted by Crippen LogP contribution is 2.25. The molecule has 0 aliphatic carbocycles. The van der Waals surface area contributed by atoms with Crippen LogP contribution < -0.4 is 0 Å². The summed E-state index contributed by atoms with van der Waals surface area (Å²) in [6, 6.07) is 5.97. The van der Waals surface area contributed by atoms with Gasteiger partial charge in [-0.2, -0.15) is 5.10 Å². The molecule has 1 aromatic heterocycles. The van der Waals surface area contributed by atoms with E-state index in [0.717, 1.165) is 5.56 Å². The Balaban J connectivity index is 2.44. The van der Waals surface area contributed by atoms with E-state index in [2.05, 4.69) is 10.1 Å². The van der Waals surface area contributed by atoms with E-state index in [4.69, 9.17) is 4.74 Å². The first-order chi connectivity index (χ1) is 9.94. The summed E-state index contributed by atoms with van der Waals surface area (Å²) in [6.07, 6.45) is 3.66. The lowest BCUT2D eigenvalue weighted by Crippen LogP contribution is -2.40. The Morgan fingerprint density at radius 2 is 2.05 bits per heavy atom. The van der Waals surface area contributed by atoms with E-state index in [-0.39, 0.29) is 5.82 Å². The maximum absolute atomic E-state index is 13.0. The van der Waals surface area contributed by atoms with E-state index in [1.165, 1.54) is 36.6 Å². The van der Waals surface area contributed by atoms with Crippen molar-refractivity contribution in [2.75, 3.05) is 7.11 Å². The molecule has 0 fully saturated rings. The van der Waals surface area contributed by atoms with E-state index in [0.29, 0.717) is 5.70 Å². The Kier molecular flexibility index (Phi) is 4.50. The Labute approximate surface area is 122 Å². The summed E-state index contributed by atoms with van der Waals surface area (Å²) in [4.78, 5) is 3.89. The maximum atomic E-state index is 13.0. The molecule has 1 N–H and O–H groups in total. The highest BCUT2D eigenvalue weighted by Gasteiger charge is 2.32. The van der Waals surface area contributed by atoms with Crippen LogP contribution in [0, 0.1) is 5.82 Å². The lowest BCUT2D eigenvalue weighted by atomic mass is 9.97. The average Bonchev–Trinajstić information content (AvgIpc) is 3.00. The molecule has 21 heavy (non-hydrogen) atoms. The van der Waals surface area contributed by atoms with Gasteiger partial charge in [0.25, 0.3) is 0 Å². The zero-order valence-electron chi connectivity index (χ0n) is 12.2. The van der Waals surface area contributed by atoms with Crippen molar-refractivity contribution >= 4 is 11.8 Å². The molecule has 0 bridgehead atoms. The number of ether oxygens (including phenoxy) is 1. The van der Waals surface area contributed by atoms with Gasteiger partial charge in [0, 0.05) is 7.11 Å². The zero-order valence-corrected chi connectivity index (χ0v) is 12.2. The summed E-state index contributed by atoms with van der Waals surface area (Å²) < 4.78 is 19.8. The molecule has 5 nitrogen and oxygen atoms in total. The van der Waals surface area contributed by atoms with Gasteiger partial charge in [0.05, 0.1) is 11.3 Å². The van der Waals surface area contributed by atoms with E-state index in [1.54, 1.807) is 32.1 Å². The molecule has 0 aliphatic heterocycles. The molecule has 1 unspecified atom stereocenters. The van der Waals surface area contributed by atoms with Gasteiger partial charge in [0.1, 0.15) is 24.6 Å². The highest BCUT2D eigenvalue weighted by atomic mass is 19.1. The summed E-state index contributed by atoms with van der Waals surface area (Å²) >= 11 is 0. The van der Waals surface area contributed by atoms with Crippen LogP contribution in [-0.4, -0.2) is 38.7 Å². The summed E-state index contributed by atoms with van der Waals surface area (Å²) in [7, 11) is 1.53. The molecule has 0 saturated heterocycles. The first-order valence-electron chi connectivity index (χ1n) is 6.49. The van der Waals surface area contributed by atoms with Crippen LogP contribution in [-0.2, 0) is 4.74 Å². The molecule has 2 rings (SSSR count). The fourth-order valence-electron chi connectivity index (χ4n) is 1.81. The van der Waals surface area contributed by atoms with Crippen LogP contribution >= 0.6 is 0 Å². The smallest absolute Gasteiger partial charge is 0.138 e. The standard InChI is InChI=1S/C15H18FN3O2/c1-15(2,21-3)14(20)13(19-10-17-9-18-19)8-11-4-6-12(16)7-5-11/h4-10,14,20H,1-3H3/b13-8+. The number of rotatable bonds is 5. The number of halogens is 1. The highest BCUT2D eigenvalue weighted by molar-refractivity contribution is 5.73. The van der Waals surface area contributed by atoms with Crippen molar-refractivity contribution in [3.8, 4) is 0 Å². The maximum Gasteiger partial charge on any atom is 0.138 e. The molecule has 0 spiro atoms. The number of hydrogen-bond donors (Lipinski definition) is 1. The number of benzene rings is 1. The second kappa shape index (κ2) is 6.15. The minimum absolute atomic E-state index is 0.313. The number of aliphatic hydroxyl groups is 1. The molecule has 1 heterocycles. The van der Waals surface area contributed by atoms with E-state index >= 15 is 0 Å². The third-order valence-electron chi connectivity index (χ3n) is 3.33. The van der Waals surface area contributed by atoms with Crippen molar-refractivity contribution in [3.05, 3.63) is 48.3 Å². The molecular weight excluding hydrogens is 273 g/mol. The van der Waals surface area contributed by atoms with Gasteiger partial charge in [0.2, 0.25) is 0 Å². The fourth-order valence-corrected chi connectivity index (χ4v) is 1.81. The minimum Gasteiger partial charge on any atom is -0.384 e. The van der Waals surface area contributed by atoms with Gasteiger partial charge in [0.15, 0.2) is 0 Å². The Bertz CT molecular complexity index is 606. The van der Waals surface area contributed by atoms with Crippen LogP contribution in [0.1, 0.15) is 19.4 Å². The first kappa shape index (κ1) is 15.3. The SMILES string of the molecule is COC(C)(C)C(O)/C(=C\c1ccc(F)cc1)n1cncn1. The molecule has 6 heteroatoms. The molecule has 0 radical (unpaired) electrons. The van der Waals surface area contributed by atoms with Gasteiger partial charge in [-0.3, -0.25) is 0 Å². The van der Waals surface area contributed by atoms with E-state index < -0.39 is 11.7 Å². The lowest BCUT2D eigenvalue weighted by molar-refractivity contribution is -0.0539. The van der Waals surface area contributed by atoms with Crippen LogP contribution in [0.25, 0.3) is 11.8 Å². The summed E-state index contributed by atoms with van der Waals surface area (Å²) in [5.41, 5.74) is 0.427. The third-order valence-corrected chi connectivity index (χ3v) is 3.33. The molecule has 112 valence electrons. The largest absolute Gasteiger partial charge is 0.384 e. The van der Waals surface area contributed by atoms with E-state index in [9.17, 15) is 9.50 Å². The topological polar surface area (TPSA) is 60.2 Å². The molecule has 1 aromatic carbocycles. The van der Waals surface area contributed by atoms with Crippen LogP contribution in [0.4, 0.5) is 4.39 Å². The Hall–Kier alpha value is -2.05. The third kappa shape index (κ3) is 3.53. The number of aliphatic hydroxyl groups excluding tert-OH is 1. The van der Waals surface area contributed by atoms with Crippen LogP contribution in [0.2, 0.25) is 0 Å². The predicted octanol–water partition coefficient (Wildman–Crippen LogP) is 2.20. The van der Waals surface area contributed by atoms with Crippen molar-refractivity contribution < 1.29 is 14.2 Å². The molecule has 2 aromatic rings. The van der Waals surface area contributed by atoms with Crippen LogP contribution in [0.5, 0.6) is 0 Å². The van der Waals surface area contributed by atoms with E-state index in [1.807, 2.05) is 0 Å². The molecule has 0 aliphatic rings. The van der Waals surface area contributed by atoms with Crippen molar-refractivity contribution in [3.63, 3.8) is 0 Å². The molecule has 0 amide bonds. The Morgan fingerprint density at radius 1 is 1.38 bits per heavy atom. The first-order valence-corrected chi connectivity index (χ1v) is 6.49. The second-order valence-electron chi connectivity index (χ2n) is 5.17.